The molecule has 6 nitrogen and oxygen atoms in total. The van der Waals surface area contributed by atoms with E-state index in [2.05, 4.69) is 59.2 Å². The van der Waals surface area contributed by atoms with Crippen molar-refractivity contribution in [3.05, 3.63) is 52.8 Å². The van der Waals surface area contributed by atoms with Crippen LogP contribution in [0.4, 0.5) is 0 Å². The standard InChI is InChI=1S/C27H39N5O/c1-3-32-24-12-11-22(28-20-27(13-7-8-14-27)21-9-5-4-6-10-21)19-23(24)25(29-32)26(33)31-17-15-30(2)16-18-31/h4-6,9-10,22,28H,3,7-8,11-20H2,1-2H3. The van der Waals surface area contributed by atoms with Gasteiger partial charge in [0.25, 0.3) is 5.91 Å². The van der Waals surface area contributed by atoms with Crippen molar-refractivity contribution < 1.29 is 4.79 Å². The Hall–Kier alpha value is -2.18. The van der Waals surface area contributed by atoms with Crippen molar-refractivity contribution in [2.24, 2.45) is 0 Å². The molecule has 0 bridgehead atoms. The van der Waals surface area contributed by atoms with Crippen molar-refractivity contribution >= 4 is 5.91 Å². The maximum Gasteiger partial charge on any atom is 0.274 e. The number of likely N-dealkylation sites (N-methyl/N-ethyl adjacent to an activating group) is 1. The molecule has 1 aromatic carbocycles. The lowest BCUT2D eigenvalue weighted by molar-refractivity contribution is 0.0656. The Balaban J connectivity index is 1.32. The molecule has 6 heteroatoms. The summed E-state index contributed by atoms with van der Waals surface area (Å²) >= 11 is 0. The minimum absolute atomic E-state index is 0.128. The Morgan fingerprint density at radius 2 is 1.85 bits per heavy atom. The summed E-state index contributed by atoms with van der Waals surface area (Å²) in [6.07, 6.45) is 8.20. The Kier molecular flexibility index (Phi) is 6.57. The molecule has 3 aliphatic rings. The smallest absolute Gasteiger partial charge is 0.274 e. The molecular formula is C27H39N5O. The number of carbonyl (C=O) groups excluding carboxylic acids is 1. The second kappa shape index (κ2) is 9.59. The lowest BCUT2D eigenvalue weighted by atomic mass is 9.78. The van der Waals surface area contributed by atoms with Crippen LogP contribution >= 0.6 is 0 Å². The molecule has 2 aromatic rings. The summed E-state index contributed by atoms with van der Waals surface area (Å²) in [6, 6.07) is 11.5. The number of piperazine rings is 1. The van der Waals surface area contributed by atoms with Crippen LogP contribution in [0.1, 0.15) is 66.3 Å². The van der Waals surface area contributed by atoms with Crippen molar-refractivity contribution in [3.8, 4) is 0 Å². The highest BCUT2D eigenvalue weighted by Gasteiger charge is 2.37. The molecule has 1 amide bonds. The Morgan fingerprint density at radius 1 is 1.12 bits per heavy atom. The summed E-state index contributed by atoms with van der Waals surface area (Å²) in [5.74, 6) is 0.128. The van der Waals surface area contributed by atoms with E-state index in [0.29, 0.717) is 11.7 Å². The summed E-state index contributed by atoms with van der Waals surface area (Å²) in [6.45, 7) is 7.46. The van der Waals surface area contributed by atoms with Gasteiger partial charge in [-0.25, -0.2) is 0 Å². The van der Waals surface area contributed by atoms with Gasteiger partial charge >= 0.3 is 0 Å². The fourth-order valence-electron chi connectivity index (χ4n) is 6.21. The number of amides is 1. The van der Waals surface area contributed by atoms with Crippen molar-refractivity contribution in [2.75, 3.05) is 39.8 Å². The van der Waals surface area contributed by atoms with Crippen molar-refractivity contribution in [3.63, 3.8) is 0 Å². The normalized spacial score (nSPS) is 23.0. The molecule has 2 aliphatic carbocycles. The van der Waals surface area contributed by atoms with Crippen LogP contribution in [0.5, 0.6) is 0 Å². The summed E-state index contributed by atoms with van der Waals surface area (Å²) < 4.78 is 2.08. The number of carbonyl (C=O) groups is 1. The first-order valence-corrected chi connectivity index (χ1v) is 12.9. The topological polar surface area (TPSA) is 53.4 Å². The number of nitrogens with one attached hydrogen (secondary N) is 1. The molecule has 1 saturated carbocycles. The first-order valence-electron chi connectivity index (χ1n) is 12.9. The second-order valence-electron chi connectivity index (χ2n) is 10.4. The van der Waals surface area contributed by atoms with Gasteiger partial charge in [0.05, 0.1) is 0 Å². The SMILES string of the molecule is CCn1nc(C(=O)N2CCN(C)CC2)c2c1CCC(NCC1(c3ccccc3)CCCC1)C2. The van der Waals surface area contributed by atoms with E-state index in [1.54, 1.807) is 0 Å². The van der Waals surface area contributed by atoms with Gasteiger partial charge in [-0.15, -0.1) is 0 Å². The van der Waals surface area contributed by atoms with Crippen LogP contribution in [0, 0.1) is 0 Å². The van der Waals surface area contributed by atoms with Gasteiger partial charge in [-0.1, -0.05) is 43.2 Å². The highest BCUT2D eigenvalue weighted by Crippen LogP contribution is 2.41. The van der Waals surface area contributed by atoms with Gasteiger partial charge in [0.15, 0.2) is 5.69 Å². The van der Waals surface area contributed by atoms with Crippen LogP contribution in [0.3, 0.4) is 0 Å². The van der Waals surface area contributed by atoms with Gasteiger partial charge in [-0.05, 0) is 51.6 Å². The zero-order valence-electron chi connectivity index (χ0n) is 20.4. The number of aromatic nitrogens is 2. The summed E-state index contributed by atoms with van der Waals surface area (Å²) in [5.41, 5.74) is 4.93. The van der Waals surface area contributed by atoms with Crippen molar-refractivity contribution in [1.82, 2.24) is 24.9 Å². The first-order chi connectivity index (χ1) is 16.1. The summed E-state index contributed by atoms with van der Waals surface area (Å²) in [7, 11) is 2.12. The average molecular weight is 450 g/mol. The fourth-order valence-corrected chi connectivity index (χ4v) is 6.21. The van der Waals surface area contributed by atoms with E-state index < -0.39 is 0 Å². The van der Waals surface area contributed by atoms with Gasteiger partial charge in [-0.2, -0.15) is 5.10 Å². The zero-order valence-corrected chi connectivity index (χ0v) is 20.4. The number of benzene rings is 1. The molecule has 1 aliphatic heterocycles. The highest BCUT2D eigenvalue weighted by molar-refractivity contribution is 5.94. The molecule has 1 aromatic heterocycles. The van der Waals surface area contributed by atoms with Gasteiger partial charge in [0.1, 0.15) is 0 Å². The lowest BCUT2D eigenvalue weighted by Crippen LogP contribution is -2.47. The van der Waals surface area contributed by atoms with E-state index in [-0.39, 0.29) is 11.3 Å². The molecule has 1 atom stereocenters. The fraction of sp³-hybridized carbons (Fsp3) is 0.630. The van der Waals surface area contributed by atoms with E-state index in [1.165, 1.54) is 42.5 Å². The lowest BCUT2D eigenvalue weighted by Gasteiger charge is -2.34. The predicted octanol–water partition coefficient (Wildman–Crippen LogP) is 3.25. The molecule has 1 N–H and O–H groups in total. The molecule has 2 heterocycles. The third-order valence-corrected chi connectivity index (χ3v) is 8.32. The van der Waals surface area contributed by atoms with Gasteiger partial charge < -0.3 is 15.1 Å². The zero-order chi connectivity index (χ0) is 22.8. The number of hydrogen-bond acceptors (Lipinski definition) is 4. The minimum atomic E-state index is 0.128. The quantitative estimate of drug-likeness (QED) is 0.736. The third kappa shape index (κ3) is 4.47. The van der Waals surface area contributed by atoms with E-state index in [1.807, 2.05) is 4.90 Å². The summed E-state index contributed by atoms with van der Waals surface area (Å²) in [5, 5.41) is 8.78. The van der Waals surface area contributed by atoms with Gasteiger partial charge in [0, 0.05) is 62.0 Å². The van der Waals surface area contributed by atoms with Crippen LogP contribution in [0.15, 0.2) is 30.3 Å². The van der Waals surface area contributed by atoms with E-state index in [9.17, 15) is 4.79 Å². The van der Waals surface area contributed by atoms with Gasteiger partial charge in [-0.3, -0.25) is 9.48 Å². The molecule has 1 saturated heterocycles. The molecule has 0 radical (unpaired) electrons. The third-order valence-electron chi connectivity index (χ3n) is 8.32. The summed E-state index contributed by atoms with van der Waals surface area (Å²) in [4.78, 5) is 17.7. The van der Waals surface area contributed by atoms with E-state index in [4.69, 9.17) is 5.10 Å². The Bertz CT molecular complexity index is 954. The predicted molar refractivity (Wildman–Crippen MR) is 132 cm³/mol. The monoisotopic (exact) mass is 449 g/mol. The van der Waals surface area contributed by atoms with Crippen molar-refractivity contribution in [1.29, 1.82) is 0 Å². The maximum atomic E-state index is 13.4. The molecule has 178 valence electrons. The van der Waals surface area contributed by atoms with Gasteiger partial charge in [0.2, 0.25) is 0 Å². The molecular weight excluding hydrogens is 410 g/mol. The largest absolute Gasteiger partial charge is 0.335 e. The molecule has 1 unspecified atom stereocenters. The first kappa shape index (κ1) is 22.6. The van der Waals surface area contributed by atoms with Crippen LogP contribution in [0.25, 0.3) is 0 Å². The minimum Gasteiger partial charge on any atom is -0.335 e. The van der Waals surface area contributed by atoms with Crippen molar-refractivity contribution in [2.45, 2.75) is 69.9 Å². The molecule has 0 spiro atoms. The molecule has 33 heavy (non-hydrogen) atoms. The highest BCUT2D eigenvalue weighted by atomic mass is 16.2. The van der Waals surface area contributed by atoms with Crippen LogP contribution < -0.4 is 5.32 Å². The van der Waals surface area contributed by atoms with Crippen LogP contribution in [-0.2, 0) is 24.8 Å². The number of nitrogens with zero attached hydrogens (tertiary/aromatic N) is 4. The van der Waals surface area contributed by atoms with E-state index >= 15 is 0 Å². The Labute approximate surface area is 198 Å². The molecule has 5 rings (SSSR count). The van der Waals surface area contributed by atoms with Crippen LogP contribution in [-0.4, -0.2) is 71.3 Å². The second-order valence-corrected chi connectivity index (χ2v) is 10.4. The van der Waals surface area contributed by atoms with Crippen LogP contribution in [0.2, 0.25) is 0 Å². The Morgan fingerprint density at radius 3 is 2.55 bits per heavy atom. The molecule has 2 fully saturated rings. The number of aryl methyl sites for hydroxylation is 1. The van der Waals surface area contributed by atoms with E-state index in [0.717, 1.165) is 58.5 Å². The number of fused-ring (bicyclic) bond motifs is 1. The maximum absolute atomic E-state index is 13.4. The average Bonchev–Trinajstić information content (AvgIpc) is 3.49. The number of rotatable bonds is 6. The number of hydrogen-bond donors (Lipinski definition) is 1.